The van der Waals surface area contributed by atoms with Crippen LogP contribution in [0.1, 0.15) is 37.4 Å². The maximum atomic E-state index is 12.7. The van der Waals surface area contributed by atoms with E-state index in [1.54, 1.807) is 25.3 Å². The van der Waals surface area contributed by atoms with Gasteiger partial charge < -0.3 is 9.47 Å². The Morgan fingerprint density at radius 1 is 0.905 bits per heavy atom. The van der Waals surface area contributed by atoms with Crippen molar-refractivity contribution < 1.29 is 19.1 Å². The molecule has 0 spiro atoms. The van der Waals surface area contributed by atoms with Crippen LogP contribution >= 0.6 is 0 Å². The summed E-state index contributed by atoms with van der Waals surface area (Å²) in [5, 5.41) is 0. The number of methoxy groups -OCH3 is 2. The number of carbonyl (C=O) groups is 2. The van der Waals surface area contributed by atoms with Gasteiger partial charge in [0.05, 0.1) is 25.3 Å². The monoisotopic (exact) mass is 283 g/mol. The molecule has 1 aliphatic rings. The van der Waals surface area contributed by atoms with E-state index >= 15 is 0 Å². The number of aryl methyl sites for hydroxylation is 1. The number of hydrogen-bond acceptors (Lipinski definition) is 5. The van der Waals surface area contributed by atoms with Gasteiger partial charge in [0.1, 0.15) is 11.5 Å². The number of rotatable bonds is 2. The van der Waals surface area contributed by atoms with Crippen LogP contribution in [-0.4, -0.2) is 30.8 Å². The number of carbonyl (C=O) groups excluding carboxylic acids is 2. The number of nitrogens with zero attached hydrogens (tertiary/aromatic N) is 1. The summed E-state index contributed by atoms with van der Waals surface area (Å²) >= 11 is 0. The minimum Gasteiger partial charge on any atom is -0.497 e. The predicted octanol–water partition coefficient (Wildman–Crippen LogP) is 2.18. The average molecular weight is 283 g/mol. The molecule has 1 aliphatic carbocycles. The Labute approximate surface area is 121 Å². The molecule has 2 aromatic rings. The molecule has 106 valence electrons. The molecule has 0 bridgehead atoms. The number of benzene rings is 1. The van der Waals surface area contributed by atoms with Crippen LogP contribution in [0.5, 0.6) is 11.5 Å². The summed E-state index contributed by atoms with van der Waals surface area (Å²) < 4.78 is 10.4. The lowest BCUT2D eigenvalue weighted by atomic mass is 9.82. The van der Waals surface area contributed by atoms with Gasteiger partial charge in [-0.25, -0.2) is 0 Å². The fourth-order valence-corrected chi connectivity index (χ4v) is 2.59. The van der Waals surface area contributed by atoms with Gasteiger partial charge in [-0.1, -0.05) is 0 Å². The van der Waals surface area contributed by atoms with Crippen LogP contribution in [0, 0.1) is 6.92 Å². The zero-order chi connectivity index (χ0) is 15.1. The molecule has 0 N–H and O–H groups in total. The van der Waals surface area contributed by atoms with Gasteiger partial charge >= 0.3 is 0 Å². The molecule has 0 unspecified atom stereocenters. The lowest BCUT2D eigenvalue weighted by Crippen LogP contribution is -2.23. The third-order valence-corrected chi connectivity index (χ3v) is 3.61. The van der Waals surface area contributed by atoms with Crippen LogP contribution in [-0.2, 0) is 0 Å². The average Bonchev–Trinajstić information content (AvgIpc) is 2.51. The van der Waals surface area contributed by atoms with Crippen molar-refractivity contribution >= 4 is 11.6 Å². The highest BCUT2D eigenvalue weighted by Crippen LogP contribution is 2.36. The zero-order valence-corrected chi connectivity index (χ0v) is 11.9. The van der Waals surface area contributed by atoms with Gasteiger partial charge in [0.15, 0.2) is 11.6 Å². The zero-order valence-electron chi connectivity index (χ0n) is 11.9. The first-order valence-corrected chi connectivity index (χ1v) is 6.38. The van der Waals surface area contributed by atoms with Crippen molar-refractivity contribution in [1.82, 2.24) is 4.98 Å². The number of fused-ring (bicyclic) bond motifs is 2. The molecule has 5 heteroatoms. The third kappa shape index (κ3) is 1.81. The number of ketones is 2. The lowest BCUT2D eigenvalue weighted by Gasteiger charge is -2.21. The largest absolute Gasteiger partial charge is 0.497 e. The Balaban J connectivity index is 2.35. The number of hydrogen-bond donors (Lipinski definition) is 0. The molecular weight excluding hydrogens is 270 g/mol. The summed E-state index contributed by atoms with van der Waals surface area (Å²) in [4.78, 5) is 29.4. The van der Waals surface area contributed by atoms with Gasteiger partial charge in [-0.15, -0.1) is 0 Å². The minimum absolute atomic E-state index is 0.211. The first kappa shape index (κ1) is 13.3. The van der Waals surface area contributed by atoms with Crippen LogP contribution in [0.2, 0.25) is 0 Å². The normalized spacial score (nSPS) is 12.7. The number of aromatic nitrogens is 1. The molecule has 0 saturated heterocycles. The molecule has 1 heterocycles. The lowest BCUT2D eigenvalue weighted by molar-refractivity contribution is 0.0975. The van der Waals surface area contributed by atoms with Crippen molar-refractivity contribution in [3.05, 3.63) is 52.3 Å². The molecule has 0 atom stereocenters. The van der Waals surface area contributed by atoms with Crippen molar-refractivity contribution in [2.45, 2.75) is 6.92 Å². The second-order valence-corrected chi connectivity index (χ2v) is 4.79. The molecule has 3 rings (SSSR count). The van der Waals surface area contributed by atoms with E-state index in [1.807, 2.05) is 0 Å². The topological polar surface area (TPSA) is 65.5 Å². The molecule has 21 heavy (non-hydrogen) atoms. The van der Waals surface area contributed by atoms with E-state index in [0.29, 0.717) is 33.8 Å². The van der Waals surface area contributed by atoms with Crippen LogP contribution < -0.4 is 9.47 Å². The summed E-state index contributed by atoms with van der Waals surface area (Å²) in [5.74, 6) is 0.337. The van der Waals surface area contributed by atoms with Crippen molar-refractivity contribution in [2.75, 3.05) is 14.2 Å². The maximum absolute atomic E-state index is 12.7. The quantitative estimate of drug-likeness (QED) is 0.721. The number of pyridine rings is 1. The third-order valence-electron chi connectivity index (χ3n) is 3.61. The summed E-state index contributed by atoms with van der Waals surface area (Å²) in [6.45, 7) is 1.76. The van der Waals surface area contributed by atoms with Crippen LogP contribution in [0.3, 0.4) is 0 Å². The SMILES string of the molecule is COc1cc(OC)c2c(c1)C(=O)c1c(C)cncc1C2=O. The number of ether oxygens (including phenoxy) is 2. The molecule has 0 radical (unpaired) electrons. The van der Waals surface area contributed by atoms with E-state index < -0.39 is 0 Å². The molecule has 1 aromatic carbocycles. The summed E-state index contributed by atoms with van der Waals surface area (Å²) in [6.07, 6.45) is 3.00. The van der Waals surface area contributed by atoms with E-state index in [4.69, 9.17) is 9.47 Å². The van der Waals surface area contributed by atoms with E-state index in [9.17, 15) is 9.59 Å². The van der Waals surface area contributed by atoms with Gasteiger partial charge in [0.2, 0.25) is 0 Å². The highest BCUT2D eigenvalue weighted by atomic mass is 16.5. The molecule has 1 aromatic heterocycles. The Kier molecular flexibility index (Phi) is 2.97. The van der Waals surface area contributed by atoms with Crippen molar-refractivity contribution in [3.8, 4) is 11.5 Å². The fraction of sp³-hybridized carbons (Fsp3) is 0.188. The second kappa shape index (κ2) is 4.70. The Morgan fingerprint density at radius 3 is 2.29 bits per heavy atom. The first-order valence-electron chi connectivity index (χ1n) is 6.38. The molecule has 0 aliphatic heterocycles. The van der Waals surface area contributed by atoms with E-state index in [2.05, 4.69) is 4.98 Å². The predicted molar refractivity (Wildman–Crippen MR) is 75.4 cm³/mol. The van der Waals surface area contributed by atoms with Gasteiger partial charge in [-0.05, 0) is 18.6 Å². The Bertz CT molecular complexity index is 780. The Hall–Kier alpha value is -2.69. The van der Waals surface area contributed by atoms with Crippen molar-refractivity contribution in [3.63, 3.8) is 0 Å². The van der Waals surface area contributed by atoms with Gasteiger partial charge in [-0.2, -0.15) is 0 Å². The maximum Gasteiger partial charge on any atom is 0.199 e. The first-order chi connectivity index (χ1) is 10.1. The van der Waals surface area contributed by atoms with E-state index in [1.165, 1.54) is 20.4 Å². The van der Waals surface area contributed by atoms with Crippen molar-refractivity contribution in [1.29, 1.82) is 0 Å². The second-order valence-electron chi connectivity index (χ2n) is 4.79. The van der Waals surface area contributed by atoms with Gasteiger partial charge in [0, 0.05) is 29.6 Å². The van der Waals surface area contributed by atoms with Gasteiger partial charge in [0.25, 0.3) is 0 Å². The molecule has 0 saturated carbocycles. The molecule has 0 fully saturated rings. The molecular formula is C16H13NO4. The Morgan fingerprint density at radius 2 is 1.62 bits per heavy atom. The highest BCUT2D eigenvalue weighted by Gasteiger charge is 2.34. The van der Waals surface area contributed by atoms with E-state index in [0.717, 1.165) is 0 Å². The summed E-state index contributed by atoms with van der Waals surface area (Å²) in [5.41, 5.74) is 1.97. The standard InChI is InChI=1S/C16H13NO4/c1-8-6-17-7-11-13(8)15(18)10-4-9(20-2)5-12(21-3)14(10)16(11)19/h4-7H,1-3H3. The summed E-state index contributed by atoms with van der Waals surface area (Å²) in [7, 11) is 2.95. The smallest absolute Gasteiger partial charge is 0.199 e. The fourth-order valence-electron chi connectivity index (χ4n) is 2.59. The van der Waals surface area contributed by atoms with E-state index in [-0.39, 0.29) is 17.1 Å². The van der Waals surface area contributed by atoms with Gasteiger partial charge in [-0.3, -0.25) is 14.6 Å². The van der Waals surface area contributed by atoms with Crippen molar-refractivity contribution in [2.24, 2.45) is 0 Å². The summed E-state index contributed by atoms with van der Waals surface area (Å²) in [6, 6.07) is 3.17. The van der Waals surface area contributed by atoms with Crippen LogP contribution in [0.25, 0.3) is 0 Å². The molecule has 5 nitrogen and oxygen atoms in total. The highest BCUT2D eigenvalue weighted by molar-refractivity contribution is 6.29. The van der Waals surface area contributed by atoms with Crippen LogP contribution in [0.15, 0.2) is 24.5 Å². The van der Waals surface area contributed by atoms with Crippen LogP contribution in [0.4, 0.5) is 0 Å². The molecule has 0 amide bonds. The minimum atomic E-state index is -0.254.